The van der Waals surface area contributed by atoms with Gasteiger partial charge in [0.2, 0.25) is 0 Å². The van der Waals surface area contributed by atoms with Gasteiger partial charge in [0.25, 0.3) is 0 Å². The first kappa shape index (κ1) is 56.1. The van der Waals surface area contributed by atoms with E-state index in [-0.39, 0.29) is 31.1 Å². The van der Waals surface area contributed by atoms with E-state index in [2.05, 4.69) is 32.9 Å². The van der Waals surface area contributed by atoms with E-state index < -0.39 is 6.10 Å². The topological polar surface area (TPSA) is 78.9 Å². The molecule has 0 saturated heterocycles. The van der Waals surface area contributed by atoms with Gasteiger partial charge in [0.05, 0.1) is 0 Å². The van der Waals surface area contributed by atoms with Crippen molar-refractivity contribution in [3.8, 4) is 0 Å². The molecule has 342 valence electrons. The molecule has 0 aliphatic carbocycles. The van der Waals surface area contributed by atoms with E-state index in [0.717, 1.165) is 64.2 Å². The molecule has 0 saturated carbocycles. The van der Waals surface area contributed by atoms with Gasteiger partial charge in [-0.05, 0) is 44.9 Å². The number of carbonyl (C=O) groups is 3. The molecule has 6 nitrogen and oxygen atoms in total. The van der Waals surface area contributed by atoms with Gasteiger partial charge in [-0.15, -0.1) is 0 Å². The van der Waals surface area contributed by atoms with Crippen molar-refractivity contribution in [2.75, 3.05) is 13.2 Å². The minimum atomic E-state index is -0.761. The third-order valence-corrected chi connectivity index (χ3v) is 11.5. The molecule has 0 bridgehead atoms. The van der Waals surface area contributed by atoms with Crippen LogP contribution in [-0.4, -0.2) is 37.2 Å². The van der Waals surface area contributed by atoms with Crippen molar-refractivity contribution in [3.63, 3.8) is 0 Å². The van der Waals surface area contributed by atoms with E-state index in [0.29, 0.717) is 19.3 Å². The molecule has 0 aliphatic heterocycles. The maximum Gasteiger partial charge on any atom is 0.306 e. The van der Waals surface area contributed by atoms with E-state index in [1.807, 2.05) is 0 Å². The summed E-state index contributed by atoms with van der Waals surface area (Å²) in [4.78, 5) is 37.6. The summed E-state index contributed by atoms with van der Waals surface area (Å²) in [5.74, 6) is -0.868. The van der Waals surface area contributed by atoms with Gasteiger partial charge < -0.3 is 14.2 Å². The second-order valence-corrected chi connectivity index (χ2v) is 17.4. The number of ether oxygens (including phenoxy) is 3. The van der Waals surface area contributed by atoms with Crippen LogP contribution < -0.4 is 0 Å². The highest BCUT2D eigenvalue weighted by Gasteiger charge is 2.19. The quantitative estimate of drug-likeness (QED) is 0.0263. The van der Waals surface area contributed by atoms with Crippen molar-refractivity contribution >= 4 is 17.9 Å². The zero-order valence-electron chi connectivity index (χ0n) is 39.1. The minimum Gasteiger partial charge on any atom is -0.462 e. The highest BCUT2D eigenvalue weighted by molar-refractivity contribution is 5.71. The third kappa shape index (κ3) is 45.2. The second kappa shape index (κ2) is 47.8. The van der Waals surface area contributed by atoms with E-state index in [9.17, 15) is 14.4 Å². The van der Waals surface area contributed by atoms with Gasteiger partial charge in [-0.1, -0.05) is 232 Å². The van der Waals surface area contributed by atoms with Crippen LogP contribution in [0.25, 0.3) is 0 Å². The lowest BCUT2D eigenvalue weighted by atomic mass is 10.0. The van der Waals surface area contributed by atoms with E-state index in [1.165, 1.54) is 180 Å². The first-order valence-electron chi connectivity index (χ1n) is 25.7. The average molecular weight is 819 g/mol. The molecule has 0 rings (SSSR count). The lowest BCUT2D eigenvalue weighted by Gasteiger charge is -2.18. The first-order chi connectivity index (χ1) is 28.5. The monoisotopic (exact) mass is 819 g/mol. The van der Waals surface area contributed by atoms with Gasteiger partial charge in [0.1, 0.15) is 13.2 Å². The van der Waals surface area contributed by atoms with Crippen LogP contribution >= 0.6 is 0 Å². The Morgan fingerprint density at radius 3 is 0.862 bits per heavy atom. The number of hydrogen-bond acceptors (Lipinski definition) is 6. The highest BCUT2D eigenvalue weighted by atomic mass is 16.6. The fourth-order valence-corrected chi connectivity index (χ4v) is 7.61. The molecular weight excluding hydrogens is 721 g/mol. The highest BCUT2D eigenvalue weighted by Crippen LogP contribution is 2.16. The second-order valence-electron chi connectivity index (χ2n) is 17.4. The molecule has 58 heavy (non-hydrogen) atoms. The molecule has 1 unspecified atom stereocenters. The Balaban J connectivity index is 4.11. The lowest BCUT2D eigenvalue weighted by molar-refractivity contribution is -0.167. The van der Waals surface area contributed by atoms with Gasteiger partial charge in [0, 0.05) is 19.3 Å². The molecule has 0 aromatic heterocycles. The number of carbonyl (C=O) groups excluding carboxylic acids is 3. The van der Waals surface area contributed by atoms with Crippen LogP contribution in [-0.2, 0) is 28.6 Å². The van der Waals surface area contributed by atoms with Crippen molar-refractivity contribution in [1.29, 1.82) is 0 Å². The summed E-state index contributed by atoms with van der Waals surface area (Å²) in [6, 6.07) is 0. The third-order valence-electron chi connectivity index (χ3n) is 11.5. The molecule has 0 radical (unpaired) electrons. The fraction of sp³-hybridized carbons (Fsp3) is 0.904. The molecule has 0 aliphatic rings. The largest absolute Gasteiger partial charge is 0.462 e. The van der Waals surface area contributed by atoms with Crippen molar-refractivity contribution in [2.24, 2.45) is 0 Å². The number of hydrogen-bond donors (Lipinski definition) is 0. The van der Waals surface area contributed by atoms with Crippen LogP contribution in [0.3, 0.4) is 0 Å². The van der Waals surface area contributed by atoms with Gasteiger partial charge >= 0.3 is 17.9 Å². The summed E-state index contributed by atoms with van der Waals surface area (Å²) in [5, 5.41) is 0. The summed E-state index contributed by atoms with van der Waals surface area (Å²) in [6.07, 6.45) is 52.3. The summed E-state index contributed by atoms with van der Waals surface area (Å²) in [5.41, 5.74) is 0. The standard InChI is InChI=1S/C52H98O6/c1-4-7-10-13-15-17-19-21-23-25-26-27-29-30-32-34-36-39-42-45-51(54)57-48-49(47-56-50(53)44-41-38-12-9-6-3)58-52(55)46-43-40-37-35-33-31-28-24-22-20-18-16-14-11-8-5-2/h21,23,49H,4-20,22,24-48H2,1-3H3/b23-21-. The normalized spacial score (nSPS) is 12.0. The molecule has 0 aromatic carbocycles. The van der Waals surface area contributed by atoms with E-state index >= 15 is 0 Å². The smallest absolute Gasteiger partial charge is 0.306 e. The molecule has 0 fully saturated rings. The van der Waals surface area contributed by atoms with Gasteiger partial charge in [0.15, 0.2) is 6.10 Å². The predicted molar refractivity (Wildman–Crippen MR) is 247 cm³/mol. The van der Waals surface area contributed by atoms with Crippen molar-refractivity contribution < 1.29 is 28.6 Å². The zero-order valence-corrected chi connectivity index (χ0v) is 39.1. The molecule has 0 amide bonds. The SMILES string of the molecule is CCCCCCCC/C=C\CCCCCCCCCCCC(=O)OCC(COC(=O)CCCCCCC)OC(=O)CCCCCCCCCCCCCCCCCC. The van der Waals surface area contributed by atoms with Gasteiger partial charge in [-0.25, -0.2) is 0 Å². The van der Waals surface area contributed by atoms with Crippen LogP contribution in [0.5, 0.6) is 0 Å². The molecular formula is C52H98O6. The minimum absolute atomic E-state index is 0.0672. The Morgan fingerprint density at radius 2 is 0.569 bits per heavy atom. The first-order valence-corrected chi connectivity index (χ1v) is 25.7. The fourth-order valence-electron chi connectivity index (χ4n) is 7.61. The average Bonchev–Trinajstić information content (AvgIpc) is 3.22. The van der Waals surface area contributed by atoms with Gasteiger partial charge in [-0.2, -0.15) is 0 Å². The predicted octanol–water partition coefficient (Wildman–Crippen LogP) is 16.6. The number of allylic oxidation sites excluding steroid dienone is 2. The molecule has 6 heteroatoms. The lowest BCUT2D eigenvalue weighted by Crippen LogP contribution is -2.30. The Kier molecular flexibility index (Phi) is 46.3. The van der Waals surface area contributed by atoms with E-state index in [1.54, 1.807) is 0 Å². The van der Waals surface area contributed by atoms with Crippen LogP contribution in [0.15, 0.2) is 12.2 Å². The van der Waals surface area contributed by atoms with Crippen LogP contribution in [0.4, 0.5) is 0 Å². The maximum atomic E-state index is 12.7. The number of unbranched alkanes of at least 4 members (excludes halogenated alkanes) is 34. The number of rotatable bonds is 47. The Labute approximate surface area is 360 Å². The van der Waals surface area contributed by atoms with Crippen LogP contribution in [0.1, 0.15) is 284 Å². The Morgan fingerprint density at radius 1 is 0.328 bits per heavy atom. The Hall–Kier alpha value is -1.85. The molecule has 0 N–H and O–H groups in total. The maximum absolute atomic E-state index is 12.7. The van der Waals surface area contributed by atoms with Crippen LogP contribution in [0.2, 0.25) is 0 Å². The molecule has 0 aromatic rings. The summed E-state index contributed by atoms with van der Waals surface area (Å²) in [6.45, 7) is 6.58. The van der Waals surface area contributed by atoms with Gasteiger partial charge in [-0.3, -0.25) is 14.4 Å². The van der Waals surface area contributed by atoms with E-state index in [4.69, 9.17) is 14.2 Å². The van der Waals surface area contributed by atoms with Crippen LogP contribution in [0, 0.1) is 0 Å². The van der Waals surface area contributed by atoms with Crippen molar-refractivity contribution in [1.82, 2.24) is 0 Å². The molecule has 0 heterocycles. The molecule has 1 atom stereocenters. The van der Waals surface area contributed by atoms with Crippen molar-refractivity contribution in [2.45, 2.75) is 290 Å². The summed E-state index contributed by atoms with van der Waals surface area (Å²) in [7, 11) is 0. The Bertz CT molecular complexity index is 900. The number of esters is 3. The summed E-state index contributed by atoms with van der Waals surface area (Å²) >= 11 is 0. The summed E-state index contributed by atoms with van der Waals surface area (Å²) < 4.78 is 16.7. The van der Waals surface area contributed by atoms with Crippen molar-refractivity contribution in [3.05, 3.63) is 12.2 Å². The molecule has 0 spiro atoms. The zero-order chi connectivity index (χ0) is 42.3.